The maximum Gasteiger partial charge on any atom is 0.226 e. The molecule has 1 aliphatic rings. The molecule has 0 saturated heterocycles. The Kier molecular flexibility index (Phi) is 4.62. The highest BCUT2D eigenvalue weighted by molar-refractivity contribution is 5.97. The molecule has 1 aliphatic heterocycles. The molecule has 0 saturated carbocycles. The van der Waals surface area contributed by atoms with E-state index < -0.39 is 6.17 Å². The third-order valence-electron chi connectivity index (χ3n) is 4.51. The second kappa shape index (κ2) is 7.38. The van der Waals surface area contributed by atoms with Crippen molar-refractivity contribution in [1.29, 1.82) is 0 Å². The first-order valence-corrected chi connectivity index (χ1v) is 8.86. The van der Waals surface area contributed by atoms with Crippen LogP contribution in [0.4, 0.5) is 0 Å². The van der Waals surface area contributed by atoms with Gasteiger partial charge in [0.25, 0.3) is 0 Å². The van der Waals surface area contributed by atoms with E-state index in [-0.39, 0.29) is 5.91 Å². The number of benzene rings is 3. The number of carbonyl (C=O) groups is 1. The molecule has 27 heavy (non-hydrogen) atoms. The molecule has 0 N–H and O–H groups in total. The van der Waals surface area contributed by atoms with Crippen molar-refractivity contribution in [2.45, 2.75) is 13.1 Å². The van der Waals surface area contributed by atoms with Crippen LogP contribution in [0, 0.1) is 0 Å². The van der Waals surface area contributed by atoms with Gasteiger partial charge in [0.15, 0.2) is 6.17 Å². The first-order valence-electron chi connectivity index (χ1n) is 8.86. The van der Waals surface area contributed by atoms with Crippen LogP contribution in [-0.4, -0.2) is 10.8 Å². The summed E-state index contributed by atoms with van der Waals surface area (Å²) in [5.74, 6) is -0.0743. The maximum atomic E-state index is 12.7. The van der Waals surface area contributed by atoms with Crippen molar-refractivity contribution in [3.63, 3.8) is 0 Å². The number of nitrogens with zero attached hydrogens (tertiary/aromatic N) is 3. The molecular formula is C23H19N3O. The van der Waals surface area contributed by atoms with E-state index in [0.717, 1.165) is 22.4 Å². The van der Waals surface area contributed by atoms with E-state index in [1.165, 1.54) is 0 Å². The molecule has 1 amide bonds. The lowest BCUT2D eigenvalue weighted by atomic mass is 10.0. The Hall–Kier alpha value is -3.53. The second-order valence-corrected chi connectivity index (χ2v) is 6.32. The predicted octanol–water partition coefficient (Wildman–Crippen LogP) is 5.53. The first kappa shape index (κ1) is 16.9. The molecule has 0 aromatic heterocycles. The van der Waals surface area contributed by atoms with Gasteiger partial charge in [0.2, 0.25) is 5.91 Å². The lowest BCUT2D eigenvalue weighted by molar-refractivity contribution is -0.127. The fourth-order valence-corrected chi connectivity index (χ4v) is 3.28. The Morgan fingerprint density at radius 1 is 0.778 bits per heavy atom. The van der Waals surface area contributed by atoms with Gasteiger partial charge in [-0.2, -0.15) is 10.2 Å². The maximum absolute atomic E-state index is 12.7. The van der Waals surface area contributed by atoms with Crippen LogP contribution < -0.4 is 0 Å². The Morgan fingerprint density at radius 3 is 1.85 bits per heavy atom. The van der Waals surface area contributed by atoms with Crippen LogP contribution in [0.2, 0.25) is 0 Å². The summed E-state index contributed by atoms with van der Waals surface area (Å²) in [6, 6.07) is 29.5. The number of hydrogen-bond donors (Lipinski definition) is 0. The van der Waals surface area contributed by atoms with E-state index in [2.05, 4.69) is 10.2 Å². The Bertz CT molecular complexity index is 996. The highest BCUT2D eigenvalue weighted by Crippen LogP contribution is 2.41. The van der Waals surface area contributed by atoms with Crippen molar-refractivity contribution in [2.24, 2.45) is 10.2 Å². The Balaban J connectivity index is 1.94. The third-order valence-corrected chi connectivity index (χ3v) is 4.51. The van der Waals surface area contributed by atoms with Crippen molar-refractivity contribution >= 4 is 17.3 Å². The van der Waals surface area contributed by atoms with Gasteiger partial charge in [-0.25, -0.2) is 0 Å². The minimum Gasteiger partial charge on any atom is -0.281 e. The zero-order chi connectivity index (χ0) is 18.6. The largest absolute Gasteiger partial charge is 0.281 e. The summed E-state index contributed by atoms with van der Waals surface area (Å²) in [6.07, 6.45) is -0.480. The van der Waals surface area contributed by atoms with E-state index in [0.29, 0.717) is 5.70 Å². The molecule has 1 atom stereocenters. The lowest BCUT2D eigenvalue weighted by Gasteiger charge is -2.34. The van der Waals surface area contributed by atoms with Crippen molar-refractivity contribution in [2.75, 3.05) is 0 Å². The number of carbonyl (C=O) groups excluding carboxylic acids is 1. The predicted molar refractivity (Wildman–Crippen MR) is 106 cm³/mol. The standard InChI is InChI=1S/C23H19N3O/c1-17(27)26-22(19-13-7-3-8-14-19)21(18-11-5-2-6-12-18)24-25-23(26)20-15-9-4-10-16-20/h2-16,23H,1H3. The van der Waals surface area contributed by atoms with Crippen LogP contribution in [0.15, 0.2) is 101 Å². The minimum atomic E-state index is -0.480. The molecular weight excluding hydrogens is 334 g/mol. The summed E-state index contributed by atoms with van der Waals surface area (Å²) >= 11 is 0. The Labute approximate surface area is 158 Å². The monoisotopic (exact) mass is 353 g/mol. The molecule has 3 aromatic rings. The molecule has 1 heterocycles. The van der Waals surface area contributed by atoms with Gasteiger partial charge in [-0.1, -0.05) is 91.0 Å². The van der Waals surface area contributed by atoms with Gasteiger partial charge in [-0.15, -0.1) is 0 Å². The molecule has 4 rings (SSSR count). The summed E-state index contributed by atoms with van der Waals surface area (Å²) in [4.78, 5) is 14.5. The van der Waals surface area contributed by atoms with Gasteiger partial charge in [0, 0.05) is 18.1 Å². The lowest BCUT2D eigenvalue weighted by Crippen LogP contribution is -2.33. The van der Waals surface area contributed by atoms with E-state index >= 15 is 0 Å². The molecule has 132 valence electrons. The molecule has 3 aromatic carbocycles. The smallest absolute Gasteiger partial charge is 0.226 e. The van der Waals surface area contributed by atoms with Crippen LogP contribution in [0.3, 0.4) is 0 Å². The van der Waals surface area contributed by atoms with E-state index in [1.807, 2.05) is 91.0 Å². The van der Waals surface area contributed by atoms with Crippen LogP contribution in [0.1, 0.15) is 29.8 Å². The summed E-state index contributed by atoms with van der Waals surface area (Å²) in [5.41, 5.74) is 4.27. The van der Waals surface area contributed by atoms with Crippen LogP contribution in [0.5, 0.6) is 0 Å². The summed E-state index contributed by atoms with van der Waals surface area (Å²) in [7, 11) is 0. The van der Waals surface area contributed by atoms with E-state index in [4.69, 9.17) is 0 Å². The third kappa shape index (κ3) is 3.29. The molecule has 0 aliphatic carbocycles. The van der Waals surface area contributed by atoms with E-state index in [9.17, 15) is 4.79 Å². The fourth-order valence-electron chi connectivity index (χ4n) is 3.28. The van der Waals surface area contributed by atoms with Gasteiger partial charge in [0.05, 0.1) is 5.70 Å². The van der Waals surface area contributed by atoms with Crippen LogP contribution in [-0.2, 0) is 4.79 Å². The molecule has 0 fully saturated rings. The quantitative estimate of drug-likeness (QED) is 0.611. The zero-order valence-electron chi connectivity index (χ0n) is 15.0. The highest BCUT2D eigenvalue weighted by atomic mass is 16.2. The van der Waals surface area contributed by atoms with Crippen LogP contribution >= 0.6 is 0 Å². The topological polar surface area (TPSA) is 45.0 Å². The van der Waals surface area contributed by atoms with Crippen LogP contribution in [0.25, 0.3) is 11.4 Å². The van der Waals surface area contributed by atoms with Gasteiger partial charge in [-0.3, -0.25) is 9.69 Å². The minimum absolute atomic E-state index is 0.0743. The Morgan fingerprint density at radius 2 is 1.30 bits per heavy atom. The normalized spacial score (nSPS) is 16.5. The number of amides is 1. The first-order chi connectivity index (χ1) is 13.3. The van der Waals surface area contributed by atoms with Crippen molar-refractivity contribution in [3.05, 3.63) is 108 Å². The zero-order valence-corrected chi connectivity index (χ0v) is 15.0. The molecule has 4 nitrogen and oxygen atoms in total. The van der Waals surface area contributed by atoms with Gasteiger partial charge in [-0.05, 0) is 5.56 Å². The summed E-state index contributed by atoms with van der Waals surface area (Å²) in [5, 5.41) is 9.07. The summed E-state index contributed by atoms with van der Waals surface area (Å²) < 4.78 is 0. The van der Waals surface area contributed by atoms with Gasteiger partial charge >= 0.3 is 0 Å². The number of hydrogen-bond acceptors (Lipinski definition) is 3. The SMILES string of the molecule is CC(=O)N1C(c2ccccc2)=C(c2ccccc2)N=NC1c1ccccc1. The molecule has 0 spiro atoms. The molecule has 4 heteroatoms. The molecule has 1 unspecified atom stereocenters. The second-order valence-electron chi connectivity index (χ2n) is 6.32. The molecule has 0 radical (unpaired) electrons. The number of azo groups is 1. The average molecular weight is 353 g/mol. The number of rotatable bonds is 3. The van der Waals surface area contributed by atoms with Crippen molar-refractivity contribution in [3.8, 4) is 0 Å². The van der Waals surface area contributed by atoms with E-state index in [1.54, 1.807) is 11.8 Å². The highest BCUT2D eigenvalue weighted by Gasteiger charge is 2.32. The fraction of sp³-hybridized carbons (Fsp3) is 0.0870. The van der Waals surface area contributed by atoms with Gasteiger partial charge in [0.1, 0.15) is 5.70 Å². The summed E-state index contributed by atoms with van der Waals surface area (Å²) in [6.45, 7) is 1.57. The molecule has 0 bridgehead atoms. The van der Waals surface area contributed by atoms with Crippen molar-refractivity contribution in [1.82, 2.24) is 4.90 Å². The average Bonchev–Trinajstić information content (AvgIpc) is 2.74. The van der Waals surface area contributed by atoms with Crippen molar-refractivity contribution < 1.29 is 4.79 Å². The van der Waals surface area contributed by atoms with Gasteiger partial charge < -0.3 is 0 Å².